The highest BCUT2D eigenvalue weighted by atomic mass is 19.1. The first-order valence-electron chi connectivity index (χ1n) is 7.20. The molecule has 0 spiro atoms. The summed E-state index contributed by atoms with van der Waals surface area (Å²) in [5.74, 6) is -0.761. The number of benzene rings is 1. The Morgan fingerprint density at radius 2 is 2.29 bits per heavy atom. The van der Waals surface area contributed by atoms with Crippen molar-refractivity contribution in [2.45, 2.75) is 31.7 Å². The highest BCUT2D eigenvalue weighted by Crippen LogP contribution is 2.28. The summed E-state index contributed by atoms with van der Waals surface area (Å²) >= 11 is 0. The molecule has 21 heavy (non-hydrogen) atoms. The highest BCUT2D eigenvalue weighted by Gasteiger charge is 2.37. The molecule has 2 aliphatic rings. The maximum atomic E-state index is 13.5. The summed E-state index contributed by atoms with van der Waals surface area (Å²) in [6, 6.07) is 7.02. The van der Waals surface area contributed by atoms with E-state index in [2.05, 4.69) is 5.32 Å². The zero-order valence-corrected chi connectivity index (χ0v) is 12.0. The van der Waals surface area contributed by atoms with Gasteiger partial charge in [-0.15, -0.1) is 0 Å². The number of fused-ring (bicyclic) bond motifs is 1. The van der Waals surface area contributed by atoms with Crippen molar-refractivity contribution in [2.24, 2.45) is 0 Å². The van der Waals surface area contributed by atoms with E-state index in [0.717, 1.165) is 6.42 Å². The fraction of sp³-hybridized carbons (Fsp3) is 0.533. The van der Waals surface area contributed by atoms with Crippen LogP contribution in [0.25, 0.3) is 0 Å². The van der Waals surface area contributed by atoms with Crippen LogP contribution in [0.2, 0.25) is 0 Å². The number of carbonyl (C=O) groups is 1. The van der Waals surface area contributed by atoms with Gasteiger partial charge in [0.1, 0.15) is 11.9 Å². The molecule has 114 valence electrons. The average Bonchev–Trinajstić information content (AvgIpc) is 2.57. The number of carbonyl (C=O) groups excluding carboxylic acids is 1. The van der Waals surface area contributed by atoms with E-state index in [1.54, 1.807) is 36.3 Å². The predicted molar refractivity (Wildman–Crippen MR) is 74.6 cm³/mol. The van der Waals surface area contributed by atoms with E-state index in [9.17, 15) is 9.18 Å². The molecule has 1 aromatic rings. The number of halogens is 1. The van der Waals surface area contributed by atoms with Gasteiger partial charge in [0.05, 0.1) is 18.7 Å². The molecule has 0 aliphatic carbocycles. The standard InChI is InChI=1S/C15H19FN2O3/c1-15(21-18-8-4-5-11(16)9-18)10-17-14(19)12-6-2-3-7-13(12)20-15/h2-3,6-7,11H,4-5,8-10H2,1H3,(H,17,19)/t11-,15?/m1/s1. The number of para-hydroxylation sites is 1. The molecule has 2 aliphatic heterocycles. The second-order valence-corrected chi connectivity index (χ2v) is 5.63. The van der Waals surface area contributed by atoms with E-state index in [4.69, 9.17) is 9.57 Å². The Morgan fingerprint density at radius 3 is 3.10 bits per heavy atom. The Labute approximate surface area is 123 Å². The van der Waals surface area contributed by atoms with Gasteiger partial charge in [0.25, 0.3) is 5.91 Å². The summed E-state index contributed by atoms with van der Waals surface area (Å²) in [5.41, 5.74) is 0.479. The number of piperidine rings is 1. The minimum absolute atomic E-state index is 0.195. The first-order valence-corrected chi connectivity index (χ1v) is 7.20. The van der Waals surface area contributed by atoms with Crippen LogP contribution in [-0.2, 0) is 4.84 Å². The SMILES string of the molecule is CC1(ON2CCC[C@@H](F)C2)CNC(=O)c2ccccc2O1. The fourth-order valence-corrected chi connectivity index (χ4v) is 2.65. The number of hydrogen-bond donors (Lipinski definition) is 1. The predicted octanol–water partition coefficient (Wildman–Crippen LogP) is 1.89. The zero-order chi connectivity index (χ0) is 14.9. The van der Waals surface area contributed by atoms with Crippen molar-refractivity contribution >= 4 is 5.91 Å². The molecule has 2 heterocycles. The van der Waals surface area contributed by atoms with Crippen LogP contribution in [0.15, 0.2) is 24.3 Å². The summed E-state index contributed by atoms with van der Waals surface area (Å²) < 4.78 is 19.3. The summed E-state index contributed by atoms with van der Waals surface area (Å²) in [7, 11) is 0. The summed E-state index contributed by atoms with van der Waals surface area (Å²) in [6.07, 6.45) is 0.437. The van der Waals surface area contributed by atoms with Crippen LogP contribution >= 0.6 is 0 Å². The van der Waals surface area contributed by atoms with E-state index in [0.29, 0.717) is 24.3 Å². The second-order valence-electron chi connectivity index (χ2n) is 5.63. The Balaban J connectivity index is 1.77. The molecule has 0 radical (unpaired) electrons. The molecule has 3 rings (SSSR count). The Bertz CT molecular complexity index is 539. The van der Waals surface area contributed by atoms with Gasteiger partial charge >= 0.3 is 0 Å². The van der Waals surface area contributed by atoms with Crippen molar-refractivity contribution in [3.63, 3.8) is 0 Å². The molecule has 6 heteroatoms. The Morgan fingerprint density at radius 1 is 1.48 bits per heavy atom. The largest absolute Gasteiger partial charge is 0.458 e. The molecule has 0 bridgehead atoms. The van der Waals surface area contributed by atoms with Crippen LogP contribution in [-0.4, -0.2) is 42.6 Å². The van der Waals surface area contributed by atoms with Gasteiger partial charge in [-0.05, 0) is 25.0 Å². The van der Waals surface area contributed by atoms with Crippen molar-refractivity contribution < 1.29 is 18.8 Å². The maximum Gasteiger partial charge on any atom is 0.255 e. The van der Waals surface area contributed by atoms with Crippen molar-refractivity contribution in [2.75, 3.05) is 19.6 Å². The molecule has 0 saturated carbocycles. The Kier molecular flexibility index (Phi) is 3.82. The molecule has 5 nitrogen and oxygen atoms in total. The maximum absolute atomic E-state index is 13.5. The molecule has 1 unspecified atom stereocenters. The number of hydrogen-bond acceptors (Lipinski definition) is 4. The van der Waals surface area contributed by atoms with Gasteiger partial charge in [-0.3, -0.25) is 9.63 Å². The number of ether oxygens (including phenoxy) is 1. The van der Waals surface area contributed by atoms with Crippen LogP contribution in [0.5, 0.6) is 5.75 Å². The van der Waals surface area contributed by atoms with Gasteiger partial charge in [0.15, 0.2) is 0 Å². The summed E-state index contributed by atoms with van der Waals surface area (Å²) in [4.78, 5) is 17.8. The van der Waals surface area contributed by atoms with E-state index >= 15 is 0 Å². The smallest absolute Gasteiger partial charge is 0.255 e. The molecule has 1 saturated heterocycles. The van der Waals surface area contributed by atoms with E-state index in [-0.39, 0.29) is 19.0 Å². The lowest BCUT2D eigenvalue weighted by atomic mass is 10.1. The van der Waals surface area contributed by atoms with Crippen molar-refractivity contribution in [3.05, 3.63) is 29.8 Å². The van der Waals surface area contributed by atoms with Crippen molar-refractivity contribution in [3.8, 4) is 5.75 Å². The monoisotopic (exact) mass is 294 g/mol. The van der Waals surface area contributed by atoms with Gasteiger partial charge in [-0.25, -0.2) is 4.39 Å². The highest BCUT2D eigenvalue weighted by molar-refractivity contribution is 5.97. The third-order valence-corrected chi connectivity index (χ3v) is 3.68. The molecule has 1 amide bonds. The number of nitrogens with zero attached hydrogens (tertiary/aromatic N) is 1. The van der Waals surface area contributed by atoms with Gasteiger partial charge in [-0.2, -0.15) is 5.06 Å². The number of amides is 1. The van der Waals surface area contributed by atoms with Crippen LogP contribution in [0.1, 0.15) is 30.1 Å². The van der Waals surface area contributed by atoms with Gasteiger partial charge in [0, 0.05) is 13.5 Å². The molecule has 1 aromatic carbocycles. The van der Waals surface area contributed by atoms with Crippen LogP contribution in [0.3, 0.4) is 0 Å². The number of rotatable bonds is 2. The molecular weight excluding hydrogens is 275 g/mol. The second kappa shape index (κ2) is 5.61. The fourth-order valence-electron chi connectivity index (χ4n) is 2.65. The number of alkyl halides is 1. The van der Waals surface area contributed by atoms with Crippen LogP contribution < -0.4 is 10.1 Å². The number of hydroxylamine groups is 2. The van der Waals surface area contributed by atoms with Gasteiger partial charge in [-0.1, -0.05) is 12.1 Å². The van der Waals surface area contributed by atoms with Gasteiger partial charge < -0.3 is 10.1 Å². The van der Waals surface area contributed by atoms with E-state index in [1.807, 2.05) is 0 Å². The van der Waals surface area contributed by atoms with Crippen LogP contribution in [0.4, 0.5) is 4.39 Å². The van der Waals surface area contributed by atoms with Crippen molar-refractivity contribution in [1.29, 1.82) is 0 Å². The first-order chi connectivity index (χ1) is 10.1. The van der Waals surface area contributed by atoms with E-state index in [1.165, 1.54) is 0 Å². The molecular formula is C15H19FN2O3. The normalized spacial score (nSPS) is 30.0. The third kappa shape index (κ3) is 3.16. The topological polar surface area (TPSA) is 50.8 Å². The third-order valence-electron chi connectivity index (χ3n) is 3.68. The first kappa shape index (κ1) is 14.3. The average molecular weight is 294 g/mol. The number of nitrogens with one attached hydrogen (secondary N) is 1. The molecule has 1 N–H and O–H groups in total. The minimum atomic E-state index is -1.04. The molecule has 0 aromatic heterocycles. The quantitative estimate of drug-likeness (QED) is 0.905. The van der Waals surface area contributed by atoms with E-state index < -0.39 is 12.0 Å². The lowest BCUT2D eigenvalue weighted by molar-refractivity contribution is -0.313. The lowest BCUT2D eigenvalue weighted by Crippen LogP contribution is -2.51. The van der Waals surface area contributed by atoms with Crippen molar-refractivity contribution in [1.82, 2.24) is 10.4 Å². The van der Waals surface area contributed by atoms with Gasteiger partial charge in [0.2, 0.25) is 5.79 Å². The minimum Gasteiger partial charge on any atom is -0.458 e. The lowest BCUT2D eigenvalue weighted by Gasteiger charge is -2.36. The molecule has 2 atom stereocenters. The Hall–Kier alpha value is -1.66. The summed E-state index contributed by atoms with van der Waals surface area (Å²) in [6.45, 7) is 2.84. The summed E-state index contributed by atoms with van der Waals surface area (Å²) in [5, 5.41) is 4.37. The molecule has 1 fully saturated rings. The van der Waals surface area contributed by atoms with Crippen LogP contribution in [0, 0.1) is 0 Å². The zero-order valence-electron chi connectivity index (χ0n) is 12.0.